The van der Waals surface area contributed by atoms with E-state index in [1.54, 1.807) is 18.2 Å². The third-order valence-corrected chi connectivity index (χ3v) is 4.30. The molecule has 3 aromatic rings. The fraction of sp³-hybridized carbons (Fsp3) is 0.250. The van der Waals surface area contributed by atoms with Gasteiger partial charge < -0.3 is 14.8 Å². The van der Waals surface area contributed by atoms with Crippen LogP contribution in [0, 0.1) is 6.92 Å². The predicted molar refractivity (Wildman–Crippen MR) is 85.4 cm³/mol. The fourth-order valence-corrected chi connectivity index (χ4v) is 2.97. The third kappa shape index (κ3) is 3.18. The van der Waals surface area contributed by atoms with Crippen molar-refractivity contribution in [2.24, 2.45) is 0 Å². The second-order valence-electron chi connectivity index (χ2n) is 5.12. The highest BCUT2D eigenvalue weighted by molar-refractivity contribution is 7.03. The number of carboxylic acid groups (broad SMARTS) is 1. The van der Waals surface area contributed by atoms with Gasteiger partial charge in [0.05, 0.1) is 11.3 Å². The minimum atomic E-state index is -0.943. The standard InChI is InChI=1S/C16H16N2O3S/c1-10-13(9-22-18-10)8-17-5-4-14-6-11-2-3-12(16(19)20)7-15(11)21-14/h2-3,6-7,9,17H,4-5,8H2,1H3,(H,19,20). The van der Waals surface area contributed by atoms with Crippen molar-refractivity contribution in [2.75, 3.05) is 6.54 Å². The molecule has 114 valence electrons. The van der Waals surface area contributed by atoms with Gasteiger partial charge in [-0.25, -0.2) is 4.79 Å². The van der Waals surface area contributed by atoms with Gasteiger partial charge in [0.15, 0.2) is 0 Å². The van der Waals surface area contributed by atoms with Crippen LogP contribution in [0.1, 0.15) is 27.4 Å². The van der Waals surface area contributed by atoms with E-state index in [-0.39, 0.29) is 5.56 Å². The number of nitrogens with zero attached hydrogens (tertiary/aromatic N) is 1. The highest BCUT2D eigenvalue weighted by Gasteiger charge is 2.08. The summed E-state index contributed by atoms with van der Waals surface area (Å²) in [6, 6.07) is 6.89. The van der Waals surface area contributed by atoms with E-state index in [4.69, 9.17) is 9.52 Å². The number of hydrogen-bond acceptors (Lipinski definition) is 5. The maximum atomic E-state index is 10.9. The van der Waals surface area contributed by atoms with E-state index in [2.05, 4.69) is 15.1 Å². The van der Waals surface area contributed by atoms with Crippen LogP contribution in [-0.4, -0.2) is 22.0 Å². The number of fused-ring (bicyclic) bond motifs is 1. The first-order valence-electron chi connectivity index (χ1n) is 7.00. The second-order valence-corrected chi connectivity index (χ2v) is 5.75. The van der Waals surface area contributed by atoms with E-state index in [0.29, 0.717) is 5.58 Å². The van der Waals surface area contributed by atoms with Crippen LogP contribution >= 0.6 is 11.5 Å². The van der Waals surface area contributed by atoms with E-state index in [0.717, 1.165) is 36.4 Å². The Bertz CT molecular complexity index is 807. The summed E-state index contributed by atoms with van der Waals surface area (Å²) in [4.78, 5) is 10.9. The molecule has 0 atom stereocenters. The van der Waals surface area contributed by atoms with Crippen LogP contribution < -0.4 is 5.32 Å². The van der Waals surface area contributed by atoms with Gasteiger partial charge in [0.25, 0.3) is 0 Å². The van der Waals surface area contributed by atoms with E-state index < -0.39 is 5.97 Å². The zero-order valence-corrected chi connectivity index (χ0v) is 12.9. The summed E-state index contributed by atoms with van der Waals surface area (Å²) in [5, 5.41) is 15.3. The van der Waals surface area contributed by atoms with Gasteiger partial charge >= 0.3 is 5.97 Å². The lowest BCUT2D eigenvalue weighted by Crippen LogP contribution is -2.16. The molecule has 0 radical (unpaired) electrons. The van der Waals surface area contributed by atoms with Gasteiger partial charge in [-0.05, 0) is 42.2 Å². The molecule has 0 unspecified atom stereocenters. The highest BCUT2D eigenvalue weighted by Crippen LogP contribution is 2.21. The monoisotopic (exact) mass is 316 g/mol. The first kappa shape index (κ1) is 14.7. The predicted octanol–water partition coefficient (Wildman–Crippen LogP) is 3.23. The lowest BCUT2D eigenvalue weighted by Gasteiger charge is -2.02. The number of aromatic nitrogens is 1. The van der Waals surface area contributed by atoms with E-state index >= 15 is 0 Å². The molecule has 0 fully saturated rings. The zero-order valence-electron chi connectivity index (χ0n) is 12.1. The molecule has 0 aliphatic rings. The molecule has 6 heteroatoms. The summed E-state index contributed by atoms with van der Waals surface area (Å²) in [5.41, 5.74) is 3.16. The SMILES string of the molecule is Cc1nscc1CNCCc1cc2ccc(C(=O)O)cc2o1. The van der Waals surface area contributed by atoms with Crippen LogP contribution in [0.2, 0.25) is 0 Å². The Balaban J connectivity index is 1.59. The Morgan fingerprint density at radius 3 is 3.00 bits per heavy atom. The van der Waals surface area contributed by atoms with Crippen molar-refractivity contribution in [3.63, 3.8) is 0 Å². The molecule has 3 rings (SSSR count). The van der Waals surface area contributed by atoms with E-state index in [1.807, 2.05) is 13.0 Å². The molecule has 2 heterocycles. The van der Waals surface area contributed by atoms with Crippen molar-refractivity contribution in [3.05, 3.63) is 52.2 Å². The number of hydrogen-bond donors (Lipinski definition) is 2. The van der Waals surface area contributed by atoms with E-state index in [1.165, 1.54) is 17.1 Å². The van der Waals surface area contributed by atoms with Crippen molar-refractivity contribution in [2.45, 2.75) is 19.9 Å². The molecule has 0 bridgehead atoms. The summed E-state index contributed by atoms with van der Waals surface area (Å²) < 4.78 is 9.95. The zero-order chi connectivity index (χ0) is 15.5. The first-order valence-corrected chi connectivity index (χ1v) is 7.83. The Kier molecular flexibility index (Phi) is 4.22. The van der Waals surface area contributed by atoms with Crippen LogP contribution in [-0.2, 0) is 13.0 Å². The minimum absolute atomic E-state index is 0.243. The smallest absolute Gasteiger partial charge is 0.335 e. The number of carboxylic acids is 1. The lowest BCUT2D eigenvalue weighted by molar-refractivity contribution is 0.0697. The van der Waals surface area contributed by atoms with Crippen LogP contribution in [0.3, 0.4) is 0 Å². The van der Waals surface area contributed by atoms with Crippen molar-refractivity contribution in [1.82, 2.24) is 9.69 Å². The highest BCUT2D eigenvalue weighted by atomic mass is 32.1. The molecule has 0 amide bonds. The van der Waals surface area contributed by atoms with Gasteiger partial charge in [-0.1, -0.05) is 6.07 Å². The van der Waals surface area contributed by atoms with E-state index in [9.17, 15) is 4.79 Å². The third-order valence-electron chi connectivity index (χ3n) is 3.53. The topological polar surface area (TPSA) is 75.4 Å². The minimum Gasteiger partial charge on any atom is -0.478 e. The summed E-state index contributed by atoms with van der Waals surface area (Å²) in [6.07, 6.45) is 0.758. The molecular formula is C16H16N2O3S. The number of carbonyl (C=O) groups is 1. The molecule has 0 aliphatic carbocycles. The Hall–Kier alpha value is -2.18. The average molecular weight is 316 g/mol. The molecule has 5 nitrogen and oxygen atoms in total. The second kappa shape index (κ2) is 6.29. The number of aryl methyl sites for hydroxylation is 1. The summed E-state index contributed by atoms with van der Waals surface area (Å²) in [7, 11) is 0. The molecule has 2 aromatic heterocycles. The van der Waals surface area contributed by atoms with Gasteiger partial charge in [0.2, 0.25) is 0 Å². The molecular weight excluding hydrogens is 300 g/mol. The number of nitrogens with one attached hydrogen (secondary N) is 1. The van der Waals surface area contributed by atoms with Gasteiger partial charge in [0, 0.05) is 30.3 Å². The lowest BCUT2D eigenvalue weighted by atomic mass is 10.1. The Morgan fingerprint density at radius 1 is 1.41 bits per heavy atom. The summed E-state index contributed by atoms with van der Waals surface area (Å²) >= 11 is 1.47. The van der Waals surface area contributed by atoms with Crippen molar-refractivity contribution in [1.29, 1.82) is 0 Å². The molecule has 2 N–H and O–H groups in total. The first-order chi connectivity index (χ1) is 10.6. The fourth-order valence-electron chi connectivity index (χ4n) is 2.26. The van der Waals surface area contributed by atoms with Gasteiger partial charge in [-0.3, -0.25) is 0 Å². The van der Waals surface area contributed by atoms with Crippen LogP contribution in [0.5, 0.6) is 0 Å². The molecule has 1 aromatic carbocycles. The average Bonchev–Trinajstić information content (AvgIpc) is 3.08. The molecule has 0 saturated carbocycles. The van der Waals surface area contributed by atoms with Gasteiger partial charge in [-0.15, -0.1) is 0 Å². The Labute approximate surface area is 131 Å². The van der Waals surface area contributed by atoms with Crippen molar-refractivity contribution >= 4 is 28.5 Å². The number of benzene rings is 1. The number of furan rings is 1. The van der Waals surface area contributed by atoms with Crippen molar-refractivity contribution in [3.8, 4) is 0 Å². The number of aromatic carboxylic acids is 1. The molecule has 0 spiro atoms. The maximum absolute atomic E-state index is 10.9. The van der Waals surface area contributed by atoms with Crippen LogP contribution in [0.25, 0.3) is 11.0 Å². The summed E-state index contributed by atoms with van der Waals surface area (Å²) in [5.74, 6) is -0.0912. The van der Waals surface area contributed by atoms with Gasteiger partial charge in [0.1, 0.15) is 11.3 Å². The molecule has 0 saturated heterocycles. The normalized spacial score (nSPS) is 11.1. The van der Waals surface area contributed by atoms with Crippen LogP contribution in [0.4, 0.5) is 0 Å². The van der Waals surface area contributed by atoms with Crippen molar-refractivity contribution < 1.29 is 14.3 Å². The summed E-state index contributed by atoms with van der Waals surface area (Å²) in [6.45, 7) is 3.60. The Morgan fingerprint density at radius 2 is 2.27 bits per heavy atom. The molecule has 0 aliphatic heterocycles. The van der Waals surface area contributed by atoms with Gasteiger partial charge in [-0.2, -0.15) is 4.37 Å². The largest absolute Gasteiger partial charge is 0.478 e. The maximum Gasteiger partial charge on any atom is 0.335 e. The molecule has 22 heavy (non-hydrogen) atoms. The number of rotatable bonds is 6. The quantitative estimate of drug-likeness (QED) is 0.683. The van der Waals surface area contributed by atoms with Crippen LogP contribution in [0.15, 0.2) is 34.1 Å².